The highest BCUT2D eigenvalue weighted by Crippen LogP contribution is 2.32. The molecule has 5 rings (SSSR count). The van der Waals surface area contributed by atoms with E-state index in [-0.39, 0.29) is 5.91 Å². The van der Waals surface area contributed by atoms with Crippen molar-refractivity contribution in [2.45, 2.75) is 0 Å². The molecule has 6 heteroatoms. The predicted octanol–water partition coefficient (Wildman–Crippen LogP) is 6.41. The number of aromatic amines is 1. The summed E-state index contributed by atoms with van der Waals surface area (Å²) in [6, 6.07) is 22.1. The van der Waals surface area contributed by atoms with Crippen molar-refractivity contribution in [3.8, 4) is 11.5 Å². The number of carbonyl (C=O) groups is 1. The van der Waals surface area contributed by atoms with E-state index in [1.54, 1.807) is 30.5 Å². The van der Waals surface area contributed by atoms with E-state index in [0.29, 0.717) is 16.3 Å². The second kappa shape index (κ2) is 7.54. The van der Waals surface area contributed by atoms with Crippen molar-refractivity contribution in [3.63, 3.8) is 0 Å². The minimum absolute atomic E-state index is 0.189. The van der Waals surface area contributed by atoms with Crippen LogP contribution in [0, 0.1) is 0 Å². The first kappa shape index (κ1) is 18.2. The maximum atomic E-state index is 12.6. The molecule has 0 unspecified atom stereocenters. The molecule has 0 saturated heterocycles. The third-order valence-corrected chi connectivity index (χ3v) is 5.11. The average molecular weight is 414 g/mol. The van der Waals surface area contributed by atoms with Gasteiger partial charge in [0.05, 0.1) is 5.39 Å². The Morgan fingerprint density at radius 1 is 0.967 bits per heavy atom. The van der Waals surface area contributed by atoms with Gasteiger partial charge in [-0.05, 0) is 66.0 Å². The van der Waals surface area contributed by atoms with E-state index in [9.17, 15) is 4.79 Å². The molecule has 2 heterocycles. The molecule has 0 bridgehead atoms. The molecule has 5 nitrogen and oxygen atoms in total. The molecule has 0 saturated carbocycles. The van der Waals surface area contributed by atoms with E-state index in [2.05, 4.69) is 15.3 Å². The Labute approximate surface area is 177 Å². The number of nitrogens with zero attached hydrogens (tertiary/aromatic N) is 1. The van der Waals surface area contributed by atoms with Gasteiger partial charge in [0.25, 0.3) is 5.91 Å². The van der Waals surface area contributed by atoms with E-state index < -0.39 is 0 Å². The molecule has 0 aliphatic carbocycles. The lowest BCUT2D eigenvalue weighted by molar-refractivity contribution is 0.102. The molecule has 30 heavy (non-hydrogen) atoms. The van der Waals surface area contributed by atoms with Gasteiger partial charge >= 0.3 is 0 Å². The zero-order chi connectivity index (χ0) is 20.5. The quantitative estimate of drug-likeness (QED) is 0.357. The van der Waals surface area contributed by atoms with Crippen molar-refractivity contribution in [3.05, 3.63) is 95.8 Å². The van der Waals surface area contributed by atoms with Crippen LogP contribution in [0.4, 0.5) is 5.69 Å². The molecule has 146 valence electrons. The van der Waals surface area contributed by atoms with Gasteiger partial charge in [-0.25, -0.2) is 4.98 Å². The third kappa shape index (κ3) is 3.47. The lowest BCUT2D eigenvalue weighted by Gasteiger charge is -2.11. The Bertz CT molecular complexity index is 1380. The number of anilines is 1. The van der Waals surface area contributed by atoms with Crippen LogP contribution in [0.15, 0.2) is 85.2 Å². The van der Waals surface area contributed by atoms with Gasteiger partial charge in [0, 0.05) is 34.1 Å². The second-order valence-electron chi connectivity index (χ2n) is 6.80. The Morgan fingerprint density at radius 3 is 2.70 bits per heavy atom. The summed E-state index contributed by atoms with van der Waals surface area (Å²) in [4.78, 5) is 19.9. The fourth-order valence-electron chi connectivity index (χ4n) is 3.38. The molecule has 0 aliphatic heterocycles. The summed E-state index contributed by atoms with van der Waals surface area (Å²) >= 11 is 5.90. The van der Waals surface area contributed by atoms with Crippen molar-refractivity contribution < 1.29 is 9.53 Å². The fraction of sp³-hybridized carbons (Fsp3) is 0. The Balaban J connectivity index is 1.44. The van der Waals surface area contributed by atoms with Crippen LogP contribution in [0.25, 0.3) is 21.8 Å². The predicted molar refractivity (Wildman–Crippen MR) is 120 cm³/mol. The monoisotopic (exact) mass is 413 g/mol. The van der Waals surface area contributed by atoms with Crippen molar-refractivity contribution in [2.24, 2.45) is 0 Å². The first-order chi connectivity index (χ1) is 14.7. The number of halogens is 1. The van der Waals surface area contributed by atoms with Gasteiger partial charge in [0.2, 0.25) is 0 Å². The van der Waals surface area contributed by atoms with E-state index in [4.69, 9.17) is 16.3 Å². The number of ether oxygens (including phenoxy) is 1. The van der Waals surface area contributed by atoms with E-state index in [1.165, 1.54) is 0 Å². The topological polar surface area (TPSA) is 67.0 Å². The van der Waals surface area contributed by atoms with E-state index in [0.717, 1.165) is 33.2 Å². The molecule has 3 aromatic carbocycles. The molecule has 0 spiro atoms. The highest BCUT2D eigenvalue weighted by molar-refractivity contribution is 6.30. The van der Waals surface area contributed by atoms with Crippen molar-refractivity contribution in [1.29, 1.82) is 0 Å². The number of H-pyrrole nitrogens is 1. The van der Waals surface area contributed by atoms with Gasteiger partial charge in [0.1, 0.15) is 17.1 Å². The smallest absolute Gasteiger partial charge is 0.255 e. The van der Waals surface area contributed by atoms with Crippen molar-refractivity contribution in [2.75, 3.05) is 5.32 Å². The summed E-state index contributed by atoms with van der Waals surface area (Å²) in [5, 5.41) is 6.37. The molecule has 0 aliphatic rings. The van der Waals surface area contributed by atoms with Crippen LogP contribution >= 0.6 is 11.6 Å². The van der Waals surface area contributed by atoms with Crippen molar-refractivity contribution in [1.82, 2.24) is 9.97 Å². The standard InChI is InChI=1S/C24H16ClN3O2/c25-17-6-4-15(5-7-17)24(29)28-21-3-1-2-16-14-18(8-9-19(16)21)30-22-11-13-27-23-20(22)10-12-26-23/h1-14H,(H,26,27)(H,28,29). The highest BCUT2D eigenvalue weighted by Gasteiger charge is 2.10. The maximum absolute atomic E-state index is 12.6. The van der Waals surface area contributed by atoms with Gasteiger partial charge in [0.15, 0.2) is 0 Å². The van der Waals surface area contributed by atoms with Crippen LogP contribution in [-0.4, -0.2) is 15.9 Å². The molecular formula is C24H16ClN3O2. The van der Waals surface area contributed by atoms with Gasteiger partial charge in [-0.1, -0.05) is 23.7 Å². The Morgan fingerprint density at radius 2 is 1.83 bits per heavy atom. The van der Waals surface area contributed by atoms with Crippen LogP contribution in [0.2, 0.25) is 5.02 Å². The number of hydrogen-bond donors (Lipinski definition) is 2. The molecule has 0 atom stereocenters. The number of rotatable bonds is 4. The van der Waals surface area contributed by atoms with Crippen LogP contribution in [0.3, 0.4) is 0 Å². The molecule has 0 radical (unpaired) electrons. The first-order valence-electron chi connectivity index (χ1n) is 9.37. The Kier molecular flexibility index (Phi) is 4.58. The molecule has 1 amide bonds. The molecule has 2 aromatic heterocycles. The van der Waals surface area contributed by atoms with E-state index in [1.807, 2.05) is 54.7 Å². The van der Waals surface area contributed by atoms with Crippen LogP contribution in [0.1, 0.15) is 10.4 Å². The maximum Gasteiger partial charge on any atom is 0.255 e. The van der Waals surface area contributed by atoms with Crippen molar-refractivity contribution >= 4 is 45.0 Å². The third-order valence-electron chi connectivity index (χ3n) is 4.85. The van der Waals surface area contributed by atoms with Crippen LogP contribution in [0.5, 0.6) is 11.5 Å². The number of pyridine rings is 1. The minimum Gasteiger partial charge on any atom is -0.457 e. The first-order valence-corrected chi connectivity index (χ1v) is 9.75. The largest absolute Gasteiger partial charge is 0.457 e. The fourth-order valence-corrected chi connectivity index (χ4v) is 3.51. The van der Waals surface area contributed by atoms with Gasteiger partial charge in [-0.2, -0.15) is 0 Å². The summed E-state index contributed by atoms with van der Waals surface area (Å²) in [5.41, 5.74) is 2.06. The van der Waals surface area contributed by atoms with Crippen LogP contribution in [-0.2, 0) is 0 Å². The lowest BCUT2D eigenvalue weighted by Crippen LogP contribution is -2.11. The highest BCUT2D eigenvalue weighted by atomic mass is 35.5. The molecule has 0 fully saturated rings. The number of hydrogen-bond acceptors (Lipinski definition) is 3. The summed E-state index contributed by atoms with van der Waals surface area (Å²) in [6.45, 7) is 0. The molecular weight excluding hydrogens is 398 g/mol. The summed E-state index contributed by atoms with van der Waals surface area (Å²) < 4.78 is 6.10. The zero-order valence-electron chi connectivity index (χ0n) is 15.7. The summed E-state index contributed by atoms with van der Waals surface area (Å²) in [6.07, 6.45) is 3.54. The summed E-state index contributed by atoms with van der Waals surface area (Å²) in [5.74, 6) is 1.25. The number of fused-ring (bicyclic) bond motifs is 2. The van der Waals surface area contributed by atoms with Gasteiger partial charge in [-0.15, -0.1) is 0 Å². The number of aromatic nitrogens is 2. The SMILES string of the molecule is O=C(Nc1cccc2cc(Oc3ccnc4[nH]ccc34)ccc12)c1ccc(Cl)cc1. The second-order valence-corrected chi connectivity index (χ2v) is 7.24. The molecule has 5 aromatic rings. The zero-order valence-corrected chi connectivity index (χ0v) is 16.5. The van der Waals surface area contributed by atoms with Crippen LogP contribution < -0.4 is 10.1 Å². The number of benzene rings is 3. The van der Waals surface area contributed by atoms with Gasteiger partial charge in [-0.3, -0.25) is 4.79 Å². The average Bonchev–Trinajstić information content (AvgIpc) is 3.24. The normalized spacial score (nSPS) is 11.0. The summed E-state index contributed by atoms with van der Waals surface area (Å²) in [7, 11) is 0. The van der Waals surface area contributed by atoms with E-state index >= 15 is 0 Å². The Hall–Kier alpha value is -3.83. The number of amides is 1. The van der Waals surface area contributed by atoms with Gasteiger partial charge < -0.3 is 15.0 Å². The minimum atomic E-state index is -0.189. The lowest BCUT2D eigenvalue weighted by atomic mass is 10.1. The number of carbonyl (C=O) groups excluding carboxylic acids is 1. The number of nitrogens with one attached hydrogen (secondary N) is 2. The molecule has 2 N–H and O–H groups in total.